The first-order valence-corrected chi connectivity index (χ1v) is 13.4. The normalized spacial score (nSPS) is 15.8. The summed E-state index contributed by atoms with van der Waals surface area (Å²) < 4.78 is 7.87. The molecule has 0 saturated carbocycles. The predicted octanol–water partition coefficient (Wildman–Crippen LogP) is -0.291. The van der Waals surface area contributed by atoms with E-state index in [0.717, 1.165) is 12.2 Å². The second-order valence-electron chi connectivity index (χ2n) is 8.53. The fourth-order valence-corrected chi connectivity index (χ4v) is 4.70. The summed E-state index contributed by atoms with van der Waals surface area (Å²) in [6, 6.07) is 6.53. The molecule has 0 spiro atoms. The molecule has 1 aliphatic carbocycles. The Balaban J connectivity index is 0.00000312. The Hall–Kier alpha value is -0.0200. The summed E-state index contributed by atoms with van der Waals surface area (Å²) in [5, 5.41) is 3.77. The van der Waals surface area contributed by atoms with Gasteiger partial charge in [-0.1, -0.05) is 0 Å². The molecule has 6 heteroatoms. The van der Waals surface area contributed by atoms with Gasteiger partial charge in [0.2, 0.25) is 0 Å². The van der Waals surface area contributed by atoms with Crippen LogP contribution in [0.3, 0.4) is 0 Å². The van der Waals surface area contributed by atoms with E-state index in [1.54, 1.807) is 0 Å². The third kappa shape index (κ3) is 5.99. The predicted molar refractivity (Wildman–Crippen MR) is 103 cm³/mol. The van der Waals surface area contributed by atoms with Crippen molar-refractivity contribution < 1.29 is 54.0 Å². The maximum Gasteiger partial charge on any atom is -1.00 e. The third-order valence-electron chi connectivity index (χ3n) is 3.92. The van der Waals surface area contributed by atoms with E-state index in [1.165, 1.54) is 56.0 Å². The molecule has 2 nitrogen and oxygen atoms in total. The summed E-state index contributed by atoms with van der Waals surface area (Å²) in [7, 11) is -1.66. The van der Waals surface area contributed by atoms with Crippen molar-refractivity contribution in [3.63, 3.8) is 0 Å². The van der Waals surface area contributed by atoms with Gasteiger partial charge in [-0.05, 0) is 0 Å². The van der Waals surface area contributed by atoms with Crippen LogP contribution in [0.5, 0.6) is 5.75 Å². The molecule has 0 aliphatic heterocycles. The fraction of sp³-hybridized carbons (Fsp3) is 0.500. The number of benzene rings is 1. The first kappa shape index (κ1) is 26.0. The molecule has 0 saturated heterocycles. The van der Waals surface area contributed by atoms with Crippen LogP contribution in [0, 0.1) is 0 Å². The molecule has 26 heavy (non-hydrogen) atoms. The van der Waals surface area contributed by atoms with Gasteiger partial charge in [0.15, 0.2) is 0 Å². The molecule has 1 aromatic rings. The third-order valence-corrected chi connectivity index (χ3v) is 6.03. The van der Waals surface area contributed by atoms with Crippen LogP contribution >= 0.6 is 0 Å². The van der Waals surface area contributed by atoms with Crippen molar-refractivity contribution >= 4 is 17.2 Å². The van der Waals surface area contributed by atoms with E-state index in [2.05, 4.69) is 77.8 Å². The molecule has 0 heterocycles. The molecule has 1 aliphatic rings. The molecule has 0 bridgehead atoms. The summed E-state index contributed by atoms with van der Waals surface area (Å²) in [6.07, 6.45) is 1.05. The topological polar surface area (TPSA) is 21.3 Å². The Kier molecular flexibility index (Phi) is 9.45. The second-order valence-corrected chi connectivity index (χ2v) is 14.2. The van der Waals surface area contributed by atoms with Gasteiger partial charge in [-0.25, -0.2) is 0 Å². The van der Waals surface area contributed by atoms with Crippen LogP contribution in [0.4, 0.5) is 0 Å². The molecule has 143 valence electrons. The largest absolute Gasteiger partial charge is 1.00 e. The van der Waals surface area contributed by atoms with Crippen LogP contribution in [0.2, 0.25) is 19.6 Å². The summed E-state index contributed by atoms with van der Waals surface area (Å²) in [6.45, 7) is 17.9. The second kappa shape index (κ2) is 9.45. The average Bonchev–Trinajstić information content (AvgIpc) is 2.69. The van der Waals surface area contributed by atoms with Gasteiger partial charge in [0, 0.05) is 0 Å². The van der Waals surface area contributed by atoms with Gasteiger partial charge in [-0.15, -0.1) is 0 Å². The zero-order chi connectivity index (χ0) is 18.3. The number of nitrogens with one attached hydrogen (secondary N) is 1. The van der Waals surface area contributed by atoms with Gasteiger partial charge in [0.25, 0.3) is 0 Å². The van der Waals surface area contributed by atoms with Crippen LogP contribution in [-0.4, -0.2) is 13.9 Å². The SMILES string of the molecule is CCC(C)=C1C(NC(C)(C)C)=[C]([Zr+2])c2cccc(O[Si](C)(C)C)c21.[Cl-].[Cl-]. The van der Waals surface area contributed by atoms with Crippen molar-refractivity contribution in [2.75, 3.05) is 0 Å². The molecule has 1 aromatic carbocycles. The molecule has 0 amide bonds. The zero-order valence-corrected chi connectivity index (χ0v) is 22.1. The van der Waals surface area contributed by atoms with Crippen molar-refractivity contribution in [3.8, 4) is 5.75 Å². The van der Waals surface area contributed by atoms with Crippen molar-refractivity contribution in [1.29, 1.82) is 0 Å². The van der Waals surface area contributed by atoms with Gasteiger partial charge < -0.3 is 24.8 Å². The maximum absolute atomic E-state index is 6.46. The zero-order valence-electron chi connectivity index (χ0n) is 17.1. The minimum atomic E-state index is -1.66. The van der Waals surface area contributed by atoms with Gasteiger partial charge in [-0.2, -0.15) is 0 Å². The van der Waals surface area contributed by atoms with Crippen LogP contribution in [-0.2, 0) is 24.7 Å². The number of allylic oxidation sites excluding steroid dienone is 2. The average molecular weight is 491 g/mol. The molecule has 2 rings (SSSR count). The molecule has 0 fully saturated rings. The Labute approximate surface area is 188 Å². The minimum Gasteiger partial charge on any atom is -1.00 e. The summed E-state index contributed by atoms with van der Waals surface area (Å²) in [4.78, 5) is 0. The van der Waals surface area contributed by atoms with Crippen LogP contribution in [0.15, 0.2) is 29.5 Å². The Morgan fingerprint density at radius 1 is 1.15 bits per heavy atom. The Morgan fingerprint density at radius 2 is 1.73 bits per heavy atom. The van der Waals surface area contributed by atoms with Crippen molar-refractivity contribution in [2.45, 2.75) is 66.2 Å². The van der Waals surface area contributed by atoms with Gasteiger partial charge in [0.05, 0.1) is 0 Å². The van der Waals surface area contributed by atoms with Crippen LogP contribution < -0.4 is 34.6 Å². The van der Waals surface area contributed by atoms with Gasteiger partial charge >= 0.3 is 164 Å². The smallest absolute Gasteiger partial charge is 1.00 e. The van der Waals surface area contributed by atoms with Crippen LogP contribution in [0.25, 0.3) is 8.85 Å². The van der Waals surface area contributed by atoms with Crippen LogP contribution in [0.1, 0.15) is 52.2 Å². The van der Waals surface area contributed by atoms with E-state index >= 15 is 0 Å². The molecule has 0 aromatic heterocycles. The number of fused-ring (bicyclic) bond motifs is 1. The summed E-state index contributed by atoms with van der Waals surface area (Å²) in [5.74, 6) is 1.06. The first-order chi connectivity index (χ1) is 10.9. The number of hydrogen-bond donors (Lipinski definition) is 1. The summed E-state index contributed by atoms with van der Waals surface area (Å²) in [5.41, 5.74) is 6.78. The number of halogens is 2. The Morgan fingerprint density at radius 3 is 2.19 bits per heavy atom. The van der Waals surface area contributed by atoms with E-state index in [9.17, 15) is 0 Å². The van der Waals surface area contributed by atoms with E-state index in [1.807, 2.05) is 0 Å². The molecule has 0 unspecified atom stereocenters. The molecule has 0 atom stereocenters. The maximum atomic E-state index is 6.46. The number of hydrogen-bond acceptors (Lipinski definition) is 2. The van der Waals surface area contributed by atoms with E-state index < -0.39 is 8.32 Å². The summed E-state index contributed by atoms with van der Waals surface area (Å²) >= 11 is 1.44. The van der Waals surface area contributed by atoms with Gasteiger partial charge in [-0.3, -0.25) is 0 Å². The van der Waals surface area contributed by atoms with E-state index in [4.69, 9.17) is 4.43 Å². The molecule has 1 N–H and O–H groups in total. The van der Waals surface area contributed by atoms with E-state index in [0.29, 0.717) is 0 Å². The molecular formula is C20H30Cl2NOSiZr. The quantitative estimate of drug-likeness (QED) is 0.586. The van der Waals surface area contributed by atoms with Crippen molar-refractivity contribution in [1.82, 2.24) is 5.32 Å². The van der Waals surface area contributed by atoms with Crippen molar-refractivity contribution in [3.05, 3.63) is 40.6 Å². The fourth-order valence-electron chi connectivity index (χ4n) is 2.90. The Bertz CT molecular complexity index is 716. The minimum absolute atomic E-state index is 0. The monoisotopic (exact) mass is 488 g/mol. The van der Waals surface area contributed by atoms with Crippen molar-refractivity contribution in [2.24, 2.45) is 0 Å². The first-order valence-electron chi connectivity index (χ1n) is 8.71. The molecular weight excluding hydrogens is 460 g/mol. The van der Waals surface area contributed by atoms with Gasteiger partial charge in [0.1, 0.15) is 0 Å². The van der Waals surface area contributed by atoms with E-state index in [-0.39, 0.29) is 30.4 Å². The number of rotatable bonds is 4. The standard InChI is InChI=1S/C20H30NOSi.2ClH.Zr/c1-9-14(2)18-16(21-20(3,4)5)13-15-11-10-12-17(19(15)18)22-23(6,7)8;;;/h10-12,21H,9H2,1-8H3;2*1H;/q;;;+2/p-2. The molecule has 0 radical (unpaired) electrons.